The first-order valence-corrected chi connectivity index (χ1v) is 7.24. The van der Waals surface area contributed by atoms with E-state index in [-0.39, 0.29) is 11.8 Å². The highest BCUT2D eigenvalue weighted by molar-refractivity contribution is 5.44. The van der Waals surface area contributed by atoms with E-state index in [4.69, 9.17) is 0 Å². The van der Waals surface area contributed by atoms with Gasteiger partial charge >= 0.3 is 6.61 Å². The van der Waals surface area contributed by atoms with E-state index >= 15 is 0 Å². The molecule has 1 aromatic heterocycles. The molecule has 22 heavy (non-hydrogen) atoms. The highest BCUT2D eigenvalue weighted by atomic mass is 19.3. The summed E-state index contributed by atoms with van der Waals surface area (Å²) in [6.07, 6.45) is 6.22. The van der Waals surface area contributed by atoms with Gasteiger partial charge in [-0.15, -0.1) is 0 Å². The molecule has 1 aliphatic rings. The third kappa shape index (κ3) is 3.32. The number of rotatable bonds is 4. The summed E-state index contributed by atoms with van der Waals surface area (Å²) in [5.74, 6) is 0.940. The number of aryl methyl sites for hydroxylation is 2. The van der Waals surface area contributed by atoms with Gasteiger partial charge in [0, 0.05) is 6.20 Å². The Balaban J connectivity index is 1.82. The van der Waals surface area contributed by atoms with Gasteiger partial charge in [0.2, 0.25) is 0 Å². The lowest BCUT2D eigenvalue weighted by Gasteiger charge is -2.27. The van der Waals surface area contributed by atoms with Crippen LogP contribution in [0.15, 0.2) is 30.6 Å². The number of nitrogens with zero attached hydrogens (tertiary/aromatic N) is 2. The third-order valence-electron chi connectivity index (χ3n) is 3.73. The molecule has 1 N–H and O–H groups in total. The van der Waals surface area contributed by atoms with E-state index < -0.39 is 6.61 Å². The first kappa shape index (κ1) is 14.7. The van der Waals surface area contributed by atoms with Crippen LogP contribution in [-0.2, 0) is 6.42 Å². The number of ether oxygens (including phenoxy) is 1. The molecule has 0 amide bonds. The van der Waals surface area contributed by atoms with Crippen molar-refractivity contribution >= 4 is 5.82 Å². The van der Waals surface area contributed by atoms with Crippen molar-refractivity contribution in [2.45, 2.75) is 38.8 Å². The predicted molar refractivity (Wildman–Crippen MR) is 79.1 cm³/mol. The van der Waals surface area contributed by atoms with Crippen molar-refractivity contribution in [3.05, 3.63) is 47.4 Å². The fourth-order valence-electron chi connectivity index (χ4n) is 2.83. The molecule has 0 radical (unpaired) electrons. The zero-order valence-electron chi connectivity index (χ0n) is 12.2. The Bertz CT molecular complexity index is 664. The van der Waals surface area contributed by atoms with Gasteiger partial charge in [-0.25, -0.2) is 4.98 Å². The van der Waals surface area contributed by atoms with Gasteiger partial charge in [-0.2, -0.15) is 8.78 Å². The quantitative estimate of drug-likeness (QED) is 0.931. The lowest BCUT2D eigenvalue weighted by molar-refractivity contribution is -0.0499. The van der Waals surface area contributed by atoms with Crippen LogP contribution in [0.1, 0.15) is 35.7 Å². The molecule has 116 valence electrons. The van der Waals surface area contributed by atoms with Gasteiger partial charge in [0.1, 0.15) is 11.6 Å². The van der Waals surface area contributed by atoms with Crippen molar-refractivity contribution < 1.29 is 13.5 Å². The Labute approximate surface area is 127 Å². The van der Waals surface area contributed by atoms with Crippen LogP contribution in [0.3, 0.4) is 0 Å². The van der Waals surface area contributed by atoms with Gasteiger partial charge in [-0.3, -0.25) is 4.98 Å². The number of halogens is 2. The van der Waals surface area contributed by atoms with Crippen molar-refractivity contribution in [1.82, 2.24) is 9.97 Å². The largest absolute Gasteiger partial charge is 0.435 e. The van der Waals surface area contributed by atoms with Crippen molar-refractivity contribution in [3.63, 3.8) is 0 Å². The fraction of sp³-hybridized carbons (Fsp3) is 0.375. The van der Waals surface area contributed by atoms with E-state index in [9.17, 15) is 8.78 Å². The number of nitrogens with one attached hydrogen (secondary N) is 1. The molecule has 1 aromatic carbocycles. The molecule has 2 aromatic rings. The standard InChI is InChI=1S/C16H17F2N3O/c1-10-8-19-9-15(20-10)21-14-4-2-3-11-7-12(22-16(17)18)5-6-13(11)14/h5-9,14,16H,2-4H2,1H3,(H,20,21). The summed E-state index contributed by atoms with van der Waals surface area (Å²) in [5, 5.41) is 3.38. The Kier molecular flexibility index (Phi) is 4.18. The molecule has 0 bridgehead atoms. The molecule has 0 fully saturated rings. The summed E-state index contributed by atoms with van der Waals surface area (Å²) < 4.78 is 29.1. The summed E-state index contributed by atoms with van der Waals surface area (Å²) in [5.41, 5.74) is 3.00. The SMILES string of the molecule is Cc1cncc(NC2CCCc3cc(OC(F)F)ccc32)n1. The van der Waals surface area contributed by atoms with Crippen LogP contribution >= 0.6 is 0 Å². The Hall–Kier alpha value is -2.24. The molecule has 4 nitrogen and oxygen atoms in total. The zero-order valence-corrected chi connectivity index (χ0v) is 12.2. The van der Waals surface area contributed by atoms with Crippen LogP contribution in [0.4, 0.5) is 14.6 Å². The van der Waals surface area contributed by atoms with E-state index in [0.717, 1.165) is 41.9 Å². The molecule has 0 saturated carbocycles. The van der Waals surface area contributed by atoms with Gasteiger partial charge in [-0.1, -0.05) is 6.07 Å². The summed E-state index contributed by atoms with van der Waals surface area (Å²) in [4.78, 5) is 8.52. The minimum Gasteiger partial charge on any atom is -0.435 e. The second kappa shape index (κ2) is 6.25. The number of hydrogen-bond acceptors (Lipinski definition) is 4. The number of alkyl halides is 2. The maximum atomic E-state index is 12.3. The first-order chi connectivity index (χ1) is 10.6. The third-order valence-corrected chi connectivity index (χ3v) is 3.73. The van der Waals surface area contributed by atoms with E-state index in [0.29, 0.717) is 0 Å². The maximum Gasteiger partial charge on any atom is 0.387 e. The topological polar surface area (TPSA) is 47.0 Å². The molecule has 1 atom stereocenters. The number of benzene rings is 1. The first-order valence-electron chi connectivity index (χ1n) is 7.24. The van der Waals surface area contributed by atoms with Gasteiger partial charge in [0.05, 0.1) is 17.9 Å². The van der Waals surface area contributed by atoms with Crippen molar-refractivity contribution in [3.8, 4) is 5.75 Å². The second-order valence-electron chi connectivity index (χ2n) is 5.37. The van der Waals surface area contributed by atoms with Crippen LogP contribution in [0.25, 0.3) is 0 Å². The molecule has 3 rings (SSSR count). The maximum absolute atomic E-state index is 12.3. The van der Waals surface area contributed by atoms with E-state index in [1.807, 2.05) is 13.0 Å². The monoisotopic (exact) mass is 305 g/mol. The zero-order chi connectivity index (χ0) is 15.5. The number of hydrogen-bond donors (Lipinski definition) is 1. The lowest BCUT2D eigenvalue weighted by Crippen LogP contribution is -2.18. The molecular formula is C16H17F2N3O. The predicted octanol–water partition coefficient (Wildman–Crippen LogP) is 3.88. The van der Waals surface area contributed by atoms with Crippen LogP contribution in [0.2, 0.25) is 0 Å². The molecule has 1 unspecified atom stereocenters. The fourth-order valence-corrected chi connectivity index (χ4v) is 2.83. The van der Waals surface area contributed by atoms with Crippen LogP contribution in [0.5, 0.6) is 5.75 Å². The van der Waals surface area contributed by atoms with Crippen molar-refractivity contribution in [2.75, 3.05) is 5.32 Å². The molecule has 0 aliphatic heterocycles. The summed E-state index contributed by atoms with van der Waals surface area (Å²) in [7, 11) is 0. The van der Waals surface area contributed by atoms with E-state index in [1.54, 1.807) is 24.5 Å². The van der Waals surface area contributed by atoms with Crippen LogP contribution in [-0.4, -0.2) is 16.6 Å². The molecule has 6 heteroatoms. The average molecular weight is 305 g/mol. The molecular weight excluding hydrogens is 288 g/mol. The normalized spacial score (nSPS) is 17.2. The van der Waals surface area contributed by atoms with Crippen molar-refractivity contribution in [2.24, 2.45) is 0 Å². The Morgan fingerprint density at radius 3 is 2.95 bits per heavy atom. The van der Waals surface area contributed by atoms with Crippen LogP contribution < -0.4 is 10.1 Å². The highest BCUT2D eigenvalue weighted by Gasteiger charge is 2.21. The number of aromatic nitrogens is 2. The van der Waals surface area contributed by atoms with Crippen molar-refractivity contribution in [1.29, 1.82) is 0 Å². The second-order valence-corrected chi connectivity index (χ2v) is 5.37. The summed E-state index contributed by atoms with van der Waals surface area (Å²) in [6.45, 7) is -0.904. The molecule has 0 saturated heterocycles. The molecule has 1 heterocycles. The van der Waals surface area contributed by atoms with Gasteiger partial charge in [0.25, 0.3) is 0 Å². The summed E-state index contributed by atoms with van der Waals surface area (Å²) >= 11 is 0. The van der Waals surface area contributed by atoms with Gasteiger partial charge in [-0.05, 0) is 49.4 Å². The smallest absolute Gasteiger partial charge is 0.387 e. The average Bonchev–Trinajstić information content (AvgIpc) is 2.46. The highest BCUT2D eigenvalue weighted by Crippen LogP contribution is 2.34. The van der Waals surface area contributed by atoms with Crippen LogP contribution in [0, 0.1) is 6.92 Å². The summed E-state index contributed by atoms with van der Waals surface area (Å²) in [6, 6.07) is 5.26. The van der Waals surface area contributed by atoms with Gasteiger partial charge in [0.15, 0.2) is 0 Å². The lowest BCUT2D eigenvalue weighted by atomic mass is 9.87. The molecule has 0 spiro atoms. The minimum absolute atomic E-state index is 0.112. The number of anilines is 1. The van der Waals surface area contributed by atoms with Gasteiger partial charge < -0.3 is 10.1 Å². The Morgan fingerprint density at radius 1 is 1.32 bits per heavy atom. The van der Waals surface area contributed by atoms with E-state index in [1.165, 1.54) is 0 Å². The van der Waals surface area contributed by atoms with E-state index in [2.05, 4.69) is 20.0 Å². The number of fused-ring (bicyclic) bond motifs is 1. The molecule has 1 aliphatic carbocycles. The minimum atomic E-state index is -2.79. The Morgan fingerprint density at radius 2 is 2.18 bits per heavy atom.